The van der Waals surface area contributed by atoms with Crippen molar-refractivity contribution < 1.29 is 0 Å². The molecule has 0 saturated heterocycles. The summed E-state index contributed by atoms with van der Waals surface area (Å²) in [4.78, 5) is 2.52. The van der Waals surface area contributed by atoms with Gasteiger partial charge in [0.05, 0.1) is 16.7 Å². The summed E-state index contributed by atoms with van der Waals surface area (Å²) in [6.07, 6.45) is 6.45. The van der Waals surface area contributed by atoms with E-state index in [0.717, 1.165) is 22.7 Å². The lowest BCUT2D eigenvalue weighted by Crippen LogP contribution is -2.16. The van der Waals surface area contributed by atoms with Gasteiger partial charge in [0.2, 0.25) is 0 Å². The van der Waals surface area contributed by atoms with Crippen LogP contribution < -0.4 is 4.90 Å². The van der Waals surface area contributed by atoms with Crippen molar-refractivity contribution in [2.24, 2.45) is 0 Å². The predicted octanol–water partition coefficient (Wildman–Crippen LogP) is 18.8. The van der Waals surface area contributed by atoms with Crippen molar-refractivity contribution >= 4 is 49.6 Å². The number of anilines is 3. The van der Waals surface area contributed by atoms with Gasteiger partial charge < -0.3 is 9.47 Å². The number of hydrogen-bond acceptors (Lipinski definition) is 1. The van der Waals surface area contributed by atoms with Crippen LogP contribution in [-0.2, 0) is 5.41 Å². The zero-order valence-corrected chi connectivity index (χ0v) is 39.4. The van der Waals surface area contributed by atoms with Crippen LogP contribution in [0.15, 0.2) is 224 Å². The molecule has 2 aliphatic rings. The van der Waals surface area contributed by atoms with Crippen LogP contribution in [0.25, 0.3) is 82.8 Å². The standard InChI is InChI=1S/C67H54N2/c1-67(2)61-37-12-9-30-55(61)60-36-19-34-54(66(60)67)49-25-16-29-52(43-49)68(62-38-13-11-32-57(62)59-35-18-23-46-22-17-33-53(65(46)59)45-20-5-3-6-21-45)51-28-15-24-47(42-51)48-40-41-58-56-31-10-14-39-63(56)69(64(58)44-48)50-26-7-4-8-27-50/h4,7-19,22-45H,3,5-6,20-21H2,1-2H3. The van der Waals surface area contributed by atoms with E-state index in [1.54, 1.807) is 0 Å². The zero-order valence-electron chi connectivity index (χ0n) is 39.4. The molecule has 2 aliphatic carbocycles. The Kier molecular flexibility index (Phi) is 9.98. The monoisotopic (exact) mass is 886 g/mol. The van der Waals surface area contributed by atoms with E-state index in [1.807, 2.05) is 0 Å². The van der Waals surface area contributed by atoms with Crippen LogP contribution >= 0.6 is 0 Å². The molecule has 0 aliphatic heterocycles. The van der Waals surface area contributed by atoms with Gasteiger partial charge in [0.15, 0.2) is 0 Å². The summed E-state index contributed by atoms with van der Waals surface area (Å²) in [5.41, 5.74) is 21.1. The number of hydrogen-bond donors (Lipinski definition) is 0. The molecule has 1 saturated carbocycles. The molecule has 332 valence electrons. The third-order valence-corrected chi connectivity index (χ3v) is 15.5. The fraction of sp³-hybridized carbons (Fsp3) is 0.134. The van der Waals surface area contributed by atoms with Gasteiger partial charge in [-0.25, -0.2) is 0 Å². The number of fused-ring (bicyclic) bond motifs is 7. The normalized spacial score (nSPS) is 14.3. The minimum Gasteiger partial charge on any atom is -0.310 e. The van der Waals surface area contributed by atoms with Crippen LogP contribution in [0.5, 0.6) is 0 Å². The molecule has 2 heteroatoms. The first-order valence-electron chi connectivity index (χ1n) is 25.0. The Hall–Kier alpha value is -7.94. The molecule has 10 aromatic carbocycles. The van der Waals surface area contributed by atoms with E-state index in [9.17, 15) is 0 Å². The highest BCUT2D eigenvalue weighted by Gasteiger charge is 2.37. The maximum atomic E-state index is 2.52. The molecule has 69 heavy (non-hydrogen) atoms. The molecule has 0 atom stereocenters. The SMILES string of the molecule is CC1(C)c2ccccc2-c2cccc(-c3cccc(N(c4cccc(-c5ccc6c7ccccc7n(-c7ccccc7)c6c5)c4)c4ccccc4-c4cccc5cccc(C6CCCCC6)c45)c3)c21. The Morgan fingerprint density at radius 3 is 1.88 bits per heavy atom. The molecule has 0 spiro atoms. The molecule has 11 aromatic rings. The summed E-state index contributed by atoms with van der Waals surface area (Å²) >= 11 is 0. The minimum absolute atomic E-state index is 0.142. The summed E-state index contributed by atoms with van der Waals surface area (Å²) in [6, 6.07) is 84.0. The van der Waals surface area contributed by atoms with Crippen LogP contribution in [0.2, 0.25) is 0 Å². The average Bonchev–Trinajstić information content (AvgIpc) is 3.87. The smallest absolute Gasteiger partial charge is 0.0547 e. The highest BCUT2D eigenvalue weighted by atomic mass is 15.1. The lowest BCUT2D eigenvalue weighted by Gasteiger charge is -2.30. The average molecular weight is 887 g/mol. The second-order valence-corrected chi connectivity index (χ2v) is 19.9. The van der Waals surface area contributed by atoms with E-state index in [4.69, 9.17) is 0 Å². The Morgan fingerprint density at radius 1 is 0.435 bits per heavy atom. The topological polar surface area (TPSA) is 8.17 Å². The Labute approximate surface area is 405 Å². The van der Waals surface area contributed by atoms with Crippen molar-refractivity contribution in [1.29, 1.82) is 0 Å². The van der Waals surface area contributed by atoms with Gasteiger partial charge in [-0.1, -0.05) is 203 Å². The largest absolute Gasteiger partial charge is 0.310 e. The molecule has 2 nitrogen and oxygen atoms in total. The minimum atomic E-state index is -0.142. The quantitative estimate of drug-likeness (QED) is 0.148. The van der Waals surface area contributed by atoms with Crippen LogP contribution in [0.4, 0.5) is 17.1 Å². The summed E-state index contributed by atoms with van der Waals surface area (Å²) in [5.74, 6) is 0.571. The molecule has 1 aromatic heterocycles. The Balaban J connectivity index is 1.01. The van der Waals surface area contributed by atoms with Gasteiger partial charge >= 0.3 is 0 Å². The second kappa shape index (κ2) is 16.7. The maximum Gasteiger partial charge on any atom is 0.0547 e. The first kappa shape index (κ1) is 41.3. The van der Waals surface area contributed by atoms with Crippen molar-refractivity contribution in [2.75, 3.05) is 4.90 Å². The molecule has 13 rings (SSSR count). The molecular formula is C67H54N2. The van der Waals surface area contributed by atoms with E-state index >= 15 is 0 Å². The summed E-state index contributed by atoms with van der Waals surface area (Å²) in [7, 11) is 0. The van der Waals surface area contributed by atoms with Crippen molar-refractivity contribution in [2.45, 2.75) is 57.3 Å². The predicted molar refractivity (Wildman–Crippen MR) is 293 cm³/mol. The van der Waals surface area contributed by atoms with Crippen molar-refractivity contribution in [3.63, 3.8) is 0 Å². The number of nitrogens with zero attached hydrogens (tertiary/aromatic N) is 2. The lowest BCUT2D eigenvalue weighted by molar-refractivity contribution is 0.445. The highest BCUT2D eigenvalue weighted by molar-refractivity contribution is 6.10. The van der Waals surface area contributed by atoms with Crippen molar-refractivity contribution in [1.82, 2.24) is 4.57 Å². The van der Waals surface area contributed by atoms with Crippen LogP contribution in [0, 0.1) is 0 Å². The molecule has 0 N–H and O–H groups in total. The zero-order chi connectivity index (χ0) is 46.1. The Bertz CT molecular complexity index is 3750. The van der Waals surface area contributed by atoms with Gasteiger partial charge in [-0.2, -0.15) is 0 Å². The van der Waals surface area contributed by atoms with Gasteiger partial charge in [-0.15, -0.1) is 0 Å². The van der Waals surface area contributed by atoms with Crippen molar-refractivity contribution in [3.8, 4) is 50.2 Å². The highest BCUT2D eigenvalue weighted by Crippen LogP contribution is 2.53. The number of benzene rings is 10. The molecule has 0 bridgehead atoms. The van der Waals surface area contributed by atoms with Crippen molar-refractivity contribution in [3.05, 3.63) is 241 Å². The van der Waals surface area contributed by atoms with Gasteiger partial charge in [-0.05, 0) is 140 Å². The summed E-state index contributed by atoms with van der Waals surface area (Å²) in [5, 5.41) is 5.22. The molecular weight excluding hydrogens is 833 g/mol. The molecule has 1 heterocycles. The third-order valence-electron chi connectivity index (χ3n) is 15.5. The van der Waals surface area contributed by atoms with Gasteiger partial charge in [0, 0.05) is 38.8 Å². The van der Waals surface area contributed by atoms with Gasteiger partial charge in [-0.3, -0.25) is 0 Å². The van der Waals surface area contributed by atoms with E-state index in [0.29, 0.717) is 5.92 Å². The van der Waals surface area contributed by atoms with Crippen LogP contribution in [0.3, 0.4) is 0 Å². The van der Waals surface area contributed by atoms with E-state index in [2.05, 4.69) is 248 Å². The fourth-order valence-electron chi connectivity index (χ4n) is 12.4. The summed E-state index contributed by atoms with van der Waals surface area (Å²) in [6.45, 7) is 4.78. The molecule has 0 amide bonds. The van der Waals surface area contributed by atoms with Crippen LogP contribution in [-0.4, -0.2) is 4.57 Å². The summed E-state index contributed by atoms with van der Waals surface area (Å²) < 4.78 is 2.41. The number of para-hydroxylation sites is 3. The van der Waals surface area contributed by atoms with Gasteiger partial charge in [0.1, 0.15) is 0 Å². The maximum absolute atomic E-state index is 2.52. The number of rotatable bonds is 8. The molecule has 1 fully saturated rings. The van der Waals surface area contributed by atoms with E-state index < -0.39 is 0 Å². The second-order valence-electron chi connectivity index (χ2n) is 19.9. The third kappa shape index (κ3) is 6.84. The molecule has 0 radical (unpaired) electrons. The lowest BCUT2D eigenvalue weighted by atomic mass is 9.79. The molecule has 0 unspecified atom stereocenters. The van der Waals surface area contributed by atoms with Crippen LogP contribution in [0.1, 0.15) is 68.6 Å². The van der Waals surface area contributed by atoms with E-state index in [1.165, 1.54) is 126 Å². The first-order chi connectivity index (χ1) is 34.0. The number of aromatic nitrogens is 1. The Morgan fingerprint density at radius 2 is 1.04 bits per heavy atom. The fourth-order valence-corrected chi connectivity index (χ4v) is 12.4. The first-order valence-corrected chi connectivity index (χ1v) is 25.0. The van der Waals surface area contributed by atoms with Gasteiger partial charge in [0.25, 0.3) is 0 Å². The van der Waals surface area contributed by atoms with E-state index in [-0.39, 0.29) is 5.41 Å².